The number of nitrogens with two attached hydrogens (primary N) is 1. The molecule has 1 aromatic heterocycles. The number of halogens is 3. The fourth-order valence-corrected chi connectivity index (χ4v) is 1.95. The molecule has 0 saturated carbocycles. The molecule has 0 atom stereocenters. The fourth-order valence-electron chi connectivity index (χ4n) is 1.23. The molecule has 0 unspecified atom stereocenters. The minimum atomic E-state index is -4.27. The van der Waals surface area contributed by atoms with Gasteiger partial charge in [-0.05, 0) is 0 Å². The average molecular weight is 255 g/mol. The van der Waals surface area contributed by atoms with E-state index in [0.717, 1.165) is 16.2 Å². The van der Waals surface area contributed by atoms with Gasteiger partial charge in [-0.1, -0.05) is 0 Å². The minimum Gasteiger partial charge on any atom is -0.395 e. The Morgan fingerprint density at radius 3 is 2.62 bits per heavy atom. The van der Waals surface area contributed by atoms with Crippen molar-refractivity contribution in [3.63, 3.8) is 0 Å². The van der Waals surface area contributed by atoms with Gasteiger partial charge in [0.25, 0.3) is 0 Å². The summed E-state index contributed by atoms with van der Waals surface area (Å²) in [5, 5.41) is 9.00. The highest BCUT2D eigenvalue weighted by Gasteiger charge is 2.30. The van der Waals surface area contributed by atoms with E-state index in [-0.39, 0.29) is 19.7 Å². The summed E-state index contributed by atoms with van der Waals surface area (Å²) < 4.78 is 36.5. The van der Waals surface area contributed by atoms with Crippen LogP contribution in [0.1, 0.15) is 4.88 Å². The Hall–Kier alpha value is -0.860. The van der Waals surface area contributed by atoms with Crippen LogP contribution in [0.15, 0.2) is 6.20 Å². The van der Waals surface area contributed by atoms with E-state index in [1.807, 2.05) is 0 Å². The van der Waals surface area contributed by atoms with Gasteiger partial charge in [0, 0.05) is 24.2 Å². The van der Waals surface area contributed by atoms with Gasteiger partial charge in [0.05, 0.1) is 13.2 Å². The van der Waals surface area contributed by atoms with E-state index in [9.17, 15) is 13.2 Å². The van der Waals surface area contributed by atoms with Crippen LogP contribution in [0.25, 0.3) is 0 Å². The zero-order valence-electron chi connectivity index (χ0n) is 8.37. The lowest BCUT2D eigenvalue weighted by Crippen LogP contribution is -2.35. The summed E-state index contributed by atoms with van der Waals surface area (Å²) in [6, 6.07) is 0. The first-order valence-corrected chi connectivity index (χ1v) is 5.32. The van der Waals surface area contributed by atoms with E-state index in [2.05, 4.69) is 4.98 Å². The predicted octanol–water partition coefficient (Wildman–Crippen LogP) is 1.08. The topological polar surface area (TPSA) is 62.4 Å². The summed E-state index contributed by atoms with van der Waals surface area (Å²) in [7, 11) is 0. The normalized spacial score (nSPS) is 12.3. The SMILES string of the molecule is Nc1ncc(CN(CCO)CC(F)(F)F)s1. The molecule has 92 valence electrons. The van der Waals surface area contributed by atoms with Crippen LogP contribution < -0.4 is 5.73 Å². The van der Waals surface area contributed by atoms with Crippen LogP contribution in [-0.4, -0.2) is 40.9 Å². The lowest BCUT2D eigenvalue weighted by Gasteiger charge is -2.21. The van der Waals surface area contributed by atoms with Crippen LogP contribution in [0.5, 0.6) is 0 Å². The van der Waals surface area contributed by atoms with Gasteiger partial charge in [-0.3, -0.25) is 4.90 Å². The summed E-state index contributed by atoms with van der Waals surface area (Å²) in [6.07, 6.45) is -2.83. The van der Waals surface area contributed by atoms with Gasteiger partial charge in [-0.15, -0.1) is 11.3 Å². The van der Waals surface area contributed by atoms with E-state index in [0.29, 0.717) is 10.0 Å². The third-order valence-corrected chi connectivity index (χ3v) is 2.58. The number of aliphatic hydroxyl groups is 1. The lowest BCUT2D eigenvalue weighted by atomic mass is 10.4. The number of hydrogen-bond donors (Lipinski definition) is 2. The first-order valence-electron chi connectivity index (χ1n) is 4.51. The van der Waals surface area contributed by atoms with Crippen molar-refractivity contribution in [3.8, 4) is 0 Å². The van der Waals surface area contributed by atoms with E-state index in [1.165, 1.54) is 6.20 Å². The molecule has 1 aromatic rings. The second-order valence-corrected chi connectivity index (χ2v) is 4.36. The average Bonchev–Trinajstić information content (AvgIpc) is 2.48. The number of nitrogen functional groups attached to an aromatic ring is 1. The Bertz CT molecular complexity index is 329. The van der Waals surface area contributed by atoms with Crippen LogP contribution in [-0.2, 0) is 6.54 Å². The van der Waals surface area contributed by atoms with Gasteiger partial charge in [-0.25, -0.2) is 4.98 Å². The molecule has 0 saturated heterocycles. The molecular weight excluding hydrogens is 243 g/mol. The second kappa shape index (κ2) is 5.46. The van der Waals surface area contributed by atoms with E-state index in [4.69, 9.17) is 10.8 Å². The molecule has 1 heterocycles. The fraction of sp³-hybridized carbons (Fsp3) is 0.625. The molecule has 16 heavy (non-hydrogen) atoms. The van der Waals surface area contributed by atoms with Crippen molar-refractivity contribution >= 4 is 16.5 Å². The third-order valence-electron chi connectivity index (χ3n) is 1.77. The van der Waals surface area contributed by atoms with Gasteiger partial charge < -0.3 is 10.8 Å². The maximum atomic E-state index is 12.2. The van der Waals surface area contributed by atoms with Gasteiger partial charge in [0.1, 0.15) is 0 Å². The molecule has 0 fully saturated rings. The molecule has 8 heteroatoms. The maximum Gasteiger partial charge on any atom is 0.401 e. The quantitative estimate of drug-likeness (QED) is 0.826. The Kier molecular flexibility index (Phi) is 4.51. The Morgan fingerprint density at radius 1 is 1.50 bits per heavy atom. The number of hydrogen-bond acceptors (Lipinski definition) is 5. The summed E-state index contributed by atoms with van der Waals surface area (Å²) in [4.78, 5) is 5.50. The Morgan fingerprint density at radius 2 is 2.19 bits per heavy atom. The number of rotatable bonds is 5. The summed E-state index contributed by atoms with van der Waals surface area (Å²) in [5.41, 5.74) is 5.37. The molecule has 0 amide bonds. The molecule has 0 aliphatic heterocycles. The largest absolute Gasteiger partial charge is 0.401 e. The van der Waals surface area contributed by atoms with Crippen LogP contribution in [0.3, 0.4) is 0 Å². The maximum absolute atomic E-state index is 12.2. The molecule has 0 aliphatic rings. The molecule has 4 nitrogen and oxygen atoms in total. The molecule has 3 N–H and O–H groups in total. The number of thiazole rings is 1. The second-order valence-electron chi connectivity index (χ2n) is 3.21. The number of aromatic nitrogens is 1. The van der Waals surface area contributed by atoms with Crippen molar-refractivity contribution in [2.75, 3.05) is 25.4 Å². The van der Waals surface area contributed by atoms with Crippen molar-refractivity contribution in [2.24, 2.45) is 0 Å². The number of aliphatic hydroxyl groups excluding tert-OH is 1. The smallest absolute Gasteiger partial charge is 0.395 e. The standard InChI is InChI=1S/C8H12F3N3OS/c9-8(10,11)5-14(1-2-15)4-6-3-13-7(12)16-6/h3,15H,1-2,4-5H2,(H2,12,13). The Balaban J connectivity index is 2.57. The highest BCUT2D eigenvalue weighted by Crippen LogP contribution is 2.20. The molecular formula is C8H12F3N3OS. The molecule has 0 aliphatic carbocycles. The highest BCUT2D eigenvalue weighted by atomic mass is 32.1. The van der Waals surface area contributed by atoms with E-state index >= 15 is 0 Å². The van der Waals surface area contributed by atoms with Crippen molar-refractivity contribution in [2.45, 2.75) is 12.7 Å². The van der Waals surface area contributed by atoms with Crippen molar-refractivity contribution in [3.05, 3.63) is 11.1 Å². The van der Waals surface area contributed by atoms with E-state index in [1.54, 1.807) is 0 Å². The summed E-state index contributed by atoms with van der Waals surface area (Å²) in [6.45, 7) is -1.30. The van der Waals surface area contributed by atoms with Crippen LogP contribution >= 0.6 is 11.3 Å². The molecule has 1 rings (SSSR count). The Labute approximate surface area is 94.5 Å². The summed E-state index contributed by atoms with van der Waals surface area (Å²) in [5.74, 6) is 0. The van der Waals surface area contributed by atoms with Crippen molar-refractivity contribution < 1.29 is 18.3 Å². The predicted molar refractivity (Wildman–Crippen MR) is 54.9 cm³/mol. The van der Waals surface area contributed by atoms with Crippen molar-refractivity contribution in [1.29, 1.82) is 0 Å². The lowest BCUT2D eigenvalue weighted by molar-refractivity contribution is -0.147. The number of alkyl halides is 3. The minimum absolute atomic E-state index is 0.0304. The van der Waals surface area contributed by atoms with Crippen LogP contribution in [0, 0.1) is 0 Å². The first kappa shape index (κ1) is 13.2. The van der Waals surface area contributed by atoms with Crippen molar-refractivity contribution in [1.82, 2.24) is 9.88 Å². The highest BCUT2D eigenvalue weighted by molar-refractivity contribution is 7.15. The van der Waals surface area contributed by atoms with Gasteiger partial charge in [0.2, 0.25) is 0 Å². The first-order chi connectivity index (χ1) is 7.40. The molecule has 0 aromatic carbocycles. The van der Waals surface area contributed by atoms with Gasteiger partial charge in [0.15, 0.2) is 5.13 Å². The third kappa shape index (κ3) is 4.77. The van der Waals surface area contributed by atoms with Crippen LogP contribution in [0.4, 0.5) is 18.3 Å². The van der Waals surface area contributed by atoms with Crippen LogP contribution in [0.2, 0.25) is 0 Å². The van der Waals surface area contributed by atoms with Gasteiger partial charge >= 0.3 is 6.18 Å². The molecule has 0 radical (unpaired) electrons. The monoisotopic (exact) mass is 255 g/mol. The zero-order valence-corrected chi connectivity index (χ0v) is 9.18. The van der Waals surface area contributed by atoms with E-state index < -0.39 is 12.7 Å². The zero-order chi connectivity index (χ0) is 12.2. The molecule has 0 spiro atoms. The molecule has 0 bridgehead atoms. The van der Waals surface area contributed by atoms with Gasteiger partial charge in [-0.2, -0.15) is 13.2 Å². The summed E-state index contributed by atoms with van der Waals surface area (Å²) >= 11 is 1.14. The number of anilines is 1. The number of nitrogens with zero attached hydrogens (tertiary/aromatic N) is 2.